The summed E-state index contributed by atoms with van der Waals surface area (Å²) >= 11 is 0. The van der Waals surface area contributed by atoms with E-state index in [1.807, 2.05) is 0 Å². The molecule has 82 valence electrons. The van der Waals surface area contributed by atoms with E-state index in [0.29, 0.717) is 11.3 Å². The molecule has 3 atom stereocenters. The number of allylic oxidation sites excluding steroid dienone is 5. The van der Waals surface area contributed by atoms with Gasteiger partial charge in [0.05, 0.1) is 0 Å². The Morgan fingerprint density at radius 3 is 2.93 bits per heavy atom. The largest absolute Gasteiger partial charge is 0.0995 e. The third-order valence-corrected chi connectivity index (χ3v) is 4.50. The van der Waals surface area contributed by atoms with Gasteiger partial charge in [-0.15, -0.1) is 0 Å². The minimum atomic E-state index is 0.399. The van der Waals surface area contributed by atoms with Crippen molar-refractivity contribution >= 4 is 0 Å². The Morgan fingerprint density at radius 1 is 1.53 bits per heavy atom. The van der Waals surface area contributed by atoms with Crippen LogP contribution in [0.3, 0.4) is 0 Å². The third kappa shape index (κ3) is 1.71. The second-order valence-electron chi connectivity index (χ2n) is 5.57. The van der Waals surface area contributed by atoms with Crippen LogP contribution in [0.5, 0.6) is 0 Å². The van der Waals surface area contributed by atoms with Crippen LogP contribution >= 0.6 is 0 Å². The topological polar surface area (TPSA) is 0 Å². The SMILES string of the molecule is C=C(C)[C@@H]1C=CC2=CCC[C@H](C)[C@@]2(C)C1. The first-order chi connectivity index (χ1) is 7.04. The summed E-state index contributed by atoms with van der Waals surface area (Å²) in [5.41, 5.74) is 3.28. The minimum absolute atomic E-state index is 0.399. The maximum absolute atomic E-state index is 4.10. The van der Waals surface area contributed by atoms with Gasteiger partial charge < -0.3 is 0 Å². The molecule has 2 aliphatic carbocycles. The van der Waals surface area contributed by atoms with Crippen molar-refractivity contribution < 1.29 is 0 Å². The molecular weight excluding hydrogens is 180 g/mol. The molecule has 0 saturated carbocycles. The first kappa shape index (κ1) is 10.7. The molecule has 0 bridgehead atoms. The summed E-state index contributed by atoms with van der Waals surface area (Å²) in [6, 6.07) is 0. The zero-order valence-electron chi connectivity index (χ0n) is 10.2. The van der Waals surface area contributed by atoms with Gasteiger partial charge in [-0.3, -0.25) is 0 Å². The van der Waals surface area contributed by atoms with Crippen molar-refractivity contribution in [1.29, 1.82) is 0 Å². The van der Waals surface area contributed by atoms with E-state index >= 15 is 0 Å². The highest BCUT2D eigenvalue weighted by Gasteiger charge is 2.39. The first-order valence-electron chi connectivity index (χ1n) is 6.08. The van der Waals surface area contributed by atoms with Crippen LogP contribution in [-0.4, -0.2) is 0 Å². The standard InChI is InChI=1S/C15H22/c1-11(2)13-8-9-14-7-5-6-12(3)15(14,4)10-13/h7-9,12-13H,1,5-6,10H2,2-4H3/t12-,13+,15+/m0/s1. The summed E-state index contributed by atoms with van der Waals surface area (Å²) in [5, 5.41) is 0. The van der Waals surface area contributed by atoms with Gasteiger partial charge in [0, 0.05) is 0 Å². The highest BCUT2D eigenvalue weighted by Crippen LogP contribution is 2.50. The predicted molar refractivity (Wildman–Crippen MR) is 66.6 cm³/mol. The van der Waals surface area contributed by atoms with E-state index in [4.69, 9.17) is 0 Å². The van der Waals surface area contributed by atoms with E-state index in [9.17, 15) is 0 Å². The van der Waals surface area contributed by atoms with E-state index in [1.54, 1.807) is 5.57 Å². The van der Waals surface area contributed by atoms with Crippen LogP contribution in [0.25, 0.3) is 0 Å². The van der Waals surface area contributed by atoms with Crippen LogP contribution in [0.1, 0.15) is 40.0 Å². The lowest BCUT2D eigenvalue weighted by atomic mass is 9.60. The van der Waals surface area contributed by atoms with Gasteiger partial charge in [0.2, 0.25) is 0 Å². The molecule has 0 heteroatoms. The van der Waals surface area contributed by atoms with Gasteiger partial charge in [-0.25, -0.2) is 0 Å². The van der Waals surface area contributed by atoms with Crippen LogP contribution in [-0.2, 0) is 0 Å². The van der Waals surface area contributed by atoms with Gasteiger partial charge in [-0.2, -0.15) is 0 Å². The van der Waals surface area contributed by atoms with Gasteiger partial charge >= 0.3 is 0 Å². The normalized spacial score (nSPS) is 39.5. The van der Waals surface area contributed by atoms with Crippen LogP contribution < -0.4 is 0 Å². The summed E-state index contributed by atoms with van der Waals surface area (Å²) in [7, 11) is 0. The van der Waals surface area contributed by atoms with Gasteiger partial charge in [0.1, 0.15) is 0 Å². The van der Waals surface area contributed by atoms with Crippen molar-refractivity contribution in [3.63, 3.8) is 0 Å². The molecule has 0 N–H and O–H groups in total. The molecule has 0 saturated heterocycles. The van der Waals surface area contributed by atoms with Gasteiger partial charge in [0.15, 0.2) is 0 Å². The Labute approximate surface area is 93.8 Å². The van der Waals surface area contributed by atoms with Crippen molar-refractivity contribution in [3.05, 3.63) is 36.0 Å². The molecule has 0 radical (unpaired) electrons. The molecule has 0 nitrogen and oxygen atoms in total. The van der Waals surface area contributed by atoms with Crippen LogP contribution in [0, 0.1) is 17.3 Å². The molecule has 0 aromatic rings. The lowest BCUT2D eigenvalue weighted by Gasteiger charge is -2.44. The fraction of sp³-hybridized carbons (Fsp3) is 0.600. The summed E-state index contributed by atoms with van der Waals surface area (Å²) in [6.07, 6.45) is 11.0. The molecule has 0 aliphatic heterocycles. The zero-order chi connectivity index (χ0) is 11.1. The molecule has 0 amide bonds. The maximum atomic E-state index is 4.10. The molecule has 15 heavy (non-hydrogen) atoms. The van der Waals surface area contributed by atoms with Crippen molar-refractivity contribution in [1.82, 2.24) is 0 Å². The summed E-state index contributed by atoms with van der Waals surface area (Å²) in [4.78, 5) is 0. The van der Waals surface area contributed by atoms with E-state index in [-0.39, 0.29) is 0 Å². The lowest BCUT2D eigenvalue weighted by Crippen LogP contribution is -2.34. The van der Waals surface area contributed by atoms with Crippen LogP contribution in [0.2, 0.25) is 0 Å². The minimum Gasteiger partial charge on any atom is -0.0995 e. The summed E-state index contributed by atoms with van der Waals surface area (Å²) < 4.78 is 0. The quantitative estimate of drug-likeness (QED) is 0.549. The van der Waals surface area contributed by atoms with Gasteiger partial charge in [0.25, 0.3) is 0 Å². The fourth-order valence-corrected chi connectivity index (χ4v) is 2.99. The summed E-state index contributed by atoms with van der Waals surface area (Å²) in [5.74, 6) is 1.40. The Morgan fingerprint density at radius 2 is 2.27 bits per heavy atom. The average molecular weight is 202 g/mol. The van der Waals surface area contributed by atoms with Crippen molar-refractivity contribution in [2.75, 3.05) is 0 Å². The number of hydrogen-bond donors (Lipinski definition) is 0. The second kappa shape index (κ2) is 3.66. The zero-order valence-corrected chi connectivity index (χ0v) is 10.2. The number of fused-ring (bicyclic) bond motifs is 1. The third-order valence-electron chi connectivity index (χ3n) is 4.50. The highest BCUT2D eigenvalue weighted by molar-refractivity contribution is 5.35. The molecule has 2 aliphatic rings. The first-order valence-corrected chi connectivity index (χ1v) is 6.08. The number of hydrogen-bond acceptors (Lipinski definition) is 0. The molecule has 0 aromatic heterocycles. The lowest BCUT2D eigenvalue weighted by molar-refractivity contribution is 0.195. The van der Waals surface area contributed by atoms with E-state index in [0.717, 1.165) is 5.92 Å². The highest BCUT2D eigenvalue weighted by atomic mass is 14.4. The Kier molecular flexibility index (Phi) is 2.62. The summed E-state index contributed by atoms with van der Waals surface area (Å²) in [6.45, 7) is 11.1. The molecule has 0 aromatic carbocycles. The Balaban J connectivity index is 2.34. The fourth-order valence-electron chi connectivity index (χ4n) is 2.99. The Bertz CT molecular complexity index is 332. The van der Waals surface area contributed by atoms with Gasteiger partial charge in [-0.05, 0) is 49.0 Å². The maximum Gasteiger partial charge on any atom is -0.00170 e. The predicted octanol–water partition coefficient (Wildman–Crippen LogP) is 4.50. The van der Waals surface area contributed by atoms with E-state index in [1.165, 1.54) is 24.8 Å². The van der Waals surface area contributed by atoms with E-state index < -0.39 is 0 Å². The van der Waals surface area contributed by atoms with Crippen molar-refractivity contribution in [2.45, 2.75) is 40.0 Å². The van der Waals surface area contributed by atoms with Crippen LogP contribution in [0.15, 0.2) is 36.0 Å². The molecule has 2 rings (SSSR count). The van der Waals surface area contributed by atoms with E-state index in [2.05, 4.69) is 45.6 Å². The molecule has 0 heterocycles. The van der Waals surface area contributed by atoms with Crippen LogP contribution in [0.4, 0.5) is 0 Å². The van der Waals surface area contributed by atoms with Crippen molar-refractivity contribution in [3.8, 4) is 0 Å². The molecule has 0 fully saturated rings. The second-order valence-corrected chi connectivity index (χ2v) is 5.57. The van der Waals surface area contributed by atoms with Crippen molar-refractivity contribution in [2.24, 2.45) is 17.3 Å². The Hall–Kier alpha value is -0.780. The van der Waals surface area contributed by atoms with Gasteiger partial charge in [-0.1, -0.05) is 44.2 Å². The monoisotopic (exact) mass is 202 g/mol. The molecule has 0 unspecified atom stereocenters. The number of rotatable bonds is 1. The molecular formula is C15H22. The molecule has 0 spiro atoms. The smallest absolute Gasteiger partial charge is 0.00170 e. The average Bonchev–Trinajstić information content (AvgIpc) is 2.19.